The summed E-state index contributed by atoms with van der Waals surface area (Å²) in [6.07, 6.45) is 1.16. The summed E-state index contributed by atoms with van der Waals surface area (Å²) in [5.41, 5.74) is 0. The number of aryl methyl sites for hydroxylation is 1. The van der Waals surface area contributed by atoms with Crippen LogP contribution in [-0.4, -0.2) is 30.6 Å². The molecule has 3 heteroatoms. The normalized spacial score (nSPS) is 24.6. The Morgan fingerprint density at radius 3 is 3.00 bits per heavy atom. The molecule has 2 atom stereocenters. The van der Waals surface area contributed by atoms with Gasteiger partial charge in [0.15, 0.2) is 0 Å². The highest BCUT2D eigenvalue weighted by Crippen LogP contribution is 2.28. The van der Waals surface area contributed by atoms with E-state index in [4.69, 9.17) is 0 Å². The monoisotopic (exact) mass is 238 g/mol. The third kappa shape index (κ3) is 2.65. The highest BCUT2D eigenvalue weighted by Gasteiger charge is 2.22. The molecule has 0 saturated carbocycles. The Kier molecular flexibility index (Phi) is 4.00. The average molecular weight is 238 g/mol. The fourth-order valence-corrected chi connectivity index (χ4v) is 3.34. The molecule has 0 radical (unpaired) electrons. The van der Waals surface area contributed by atoms with Crippen molar-refractivity contribution in [1.29, 1.82) is 0 Å². The van der Waals surface area contributed by atoms with E-state index in [0.717, 1.165) is 13.0 Å². The second kappa shape index (κ2) is 5.30. The predicted octanol–water partition coefficient (Wildman–Crippen LogP) is 2.67. The molecule has 0 aromatic carbocycles. The molecule has 2 nitrogen and oxygen atoms in total. The minimum Gasteiger partial charge on any atom is -0.312 e. The van der Waals surface area contributed by atoms with E-state index >= 15 is 0 Å². The van der Waals surface area contributed by atoms with Crippen molar-refractivity contribution in [2.24, 2.45) is 0 Å². The number of hydrogen-bond donors (Lipinski definition) is 1. The van der Waals surface area contributed by atoms with E-state index in [-0.39, 0.29) is 0 Å². The maximum Gasteiger partial charge on any atom is 0.0414 e. The fourth-order valence-electron chi connectivity index (χ4n) is 2.30. The number of hydrogen-bond acceptors (Lipinski definition) is 3. The lowest BCUT2D eigenvalue weighted by molar-refractivity contribution is 0.161. The highest BCUT2D eigenvalue weighted by atomic mass is 32.1. The van der Waals surface area contributed by atoms with Crippen molar-refractivity contribution < 1.29 is 0 Å². The van der Waals surface area contributed by atoms with Gasteiger partial charge in [0.2, 0.25) is 0 Å². The van der Waals surface area contributed by atoms with Crippen LogP contribution in [0, 0.1) is 0 Å². The third-order valence-electron chi connectivity index (χ3n) is 3.39. The Bertz CT molecular complexity index is 334. The summed E-state index contributed by atoms with van der Waals surface area (Å²) in [6.45, 7) is 10.3. The zero-order valence-electron chi connectivity index (χ0n) is 10.5. The molecule has 1 saturated heterocycles. The smallest absolute Gasteiger partial charge is 0.0414 e. The topological polar surface area (TPSA) is 15.3 Å². The summed E-state index contributed by atoms with van der Waals surface area (Å²) in [5.74, 6) is 0. The first kappa shape index (κ1) is 12.1. The van der Waals surface area contributed by atoms with Gasteiger partial charge in [-0.25, -0.2) is 0 Å². The summed E-state index contributed by atoms with van der Waals surface area (Å²) in [4.78, 5) is 5.61. The van der Waals surface area contributed by atoms with E-state index in [1.54, 1.807) is 0 Å². The van der Waals surface area contributed by atoms with Gasteiger partial charge >= 0.3 is 0 Å². The van der Waals surface area contributed by atoms with Crippen molar-refractivity contribution >= 4 is 11.3 Å². The SMILES string of the molecule is CCc1ccc(C(C)N2CCNC(C)C2)s1. The molecule has 1 aliphatic rings. The Balaban J connectivity index is 2.02. The van der Waals surface area contributed by atoms with Crippen LogP contribution in [0.3, 0.4) is 0 Å². The molecule has 90 valence electrons. The molecule has 1 fully saturated rings. The van der Waals surface area contributed by atoms with E-state index in [9.17, 15) is 0 Å². The Morgan fingerprint density at radius 1 is 1.56 bits per heavy atom. The summed E-state index contributed by atoms with van der Waals surface area (Å²) in [6, 6.07) is 5.79. The minimum atomic E-state index is 0.579. The summed E-state index contributed by atoms with van der Waals surface area (Å²) >= 11 is 1.97. The first-order valence-electron chi connectivity index (χ1n) is 6.26. The largest absolute Gasteiger partial charge is 0.312 e. The van der Waals surface area contributed by atoms with E-state index in [0.29, 0.717) is 12.1 Å². The number of piperazine rings is 1. The quantitative estimate of drug-likeness (QED) is 0.871. The zero-order chi connectivity index (χ0) is 11.5. The van der Waals surface area contributed by atoms with Crippen molar-refractivity contribution in [2.45, 2.75) is 39.3 Å². The lowest BCUT2D eigenvalue weighted by atomic mass is 10.1. The fraction of sp³-hybridized carbons (Fsp3) is 0.692. The second-order valence-corrected chi connectivity index (χ2v) is 5.88. The average Bonchev–Trinajstić information content (AvgIpc) is 2.76. The lowest BCUT2D eigenvalue weighted by Gasteiger charge is -2.35. The minimum absolute atomic E-state index is 0.579. The Labute approximate surface area is 103 Å². The molecule has 0 bridgehead atoms. The maximum absolute atomic E-state index is 3.50. The molecule has 0 spiro atoms. The van der Waals surface area contributed by atoms with Crippen LogP contribution in [-0.2, 0) is 6.42 Å². The first-order chi connectivity index (χ1) is 7.70. The van der Waals surface area contributed by atoms with Crippen LogP contribution in [0.2, 0.25) is 0 Å². The van der Waals surface area contributed by atoms with Crippen molar-refractivity contribution in [3.8, 4) is 0 Å². The standard InChI is InChI=1S/C13H22N2S/c1-4-12-5-6-13(16-12)11(3)15-8-7-14-10(2)9-15/h5-6,10-11,14H,4,7-9H2,1-3H3. The van der Waals surface area contributed by atoms with E-state index < -0.39 is 0 Å². The molecule has 1 aliphatic heterocycles. The van der Waals surface area contributed by atoms with Gasteiger partial charge in [0.05, 0.1) is 0 Å². The van der Waals surface area contributed by atoms with Crippen LogP contribution >= 0.6 is 11.3 Å². The van der Waals surface area contributed by atoms with Gasteiger partial charge in [-0.2, -0.15) is 0 Å². The van der Waals surface area contributed by atoms with E-state index in [1.165, 1.54) is 22.8 Å². The van der Waals surface area contributed by atoms with Gasteiger partial charge in [0.1, 0.15) is 0 Å². The Hall–Kier alpha value is -0.380. The zero-order valence-corrected chi connectivity index (χ0v) is 11.3. The number of thiophene rings is 1. The maximum atomic E-state index is 3.50. The predicted molar refractivity (Wildman–Crippen MR) is 71.1 cm³/mol. The first-order valence-corrected chi connectivity index (χ1v) is 7.08. The van der Waals surface area contributed by atoms with Crippen LogP contribution in [0.4, 0.5) is 0 Å². The molecule has 0 aliphatic carbocycles. The number of nitrogens with zero attached hydrogens (tertiary/aromatic N) is 1. The molecule has 0 amide bonds. The molecule has 1 aromatic heterocycles. The van der Waals surface area contributed by atoms with Gasteiger partial charge < -0.3 is 5.32 Å². The number of rotatable bonds is 3. The third-order valence-corrected chi connectivity index (χ3v) is 4.79. The van der Waals surface area contributed by atoms with Crippen molar-refractivity contribution in [2.75, 3.05) is 19.6 Å². The lowest BCUT2D eigenvalue weighted by Crippen LogP contribution is -2.49. The van der Waals surface area contributed by atoms with Gasteiger partial charge in [-0.05, 0) is 32.4 Å². The van der Waals surface area contributed by atoms with Crippen molar-refractivity contribution in [3.05, 3.63) is 21.9 Å². The van der Waals surface area contributed by atoms with Crippen LogP contribution in [0.25, 0.3) is 0 Å². The molecular formula is C13H22N2S. The van der Waals surface area contributed by atoms with Gasteiger partial charge in [-0.3, -0.25) is 4.90 Å². The summed E-state index contributed by atoms with van der Waals surface area (Å²) in [5, 5.41) is 3.50. The number of nitrogens with one attached hydrogen (secondary N) is 1. The Morgan fingerprint density at radius 2 is 2.38 bits per heavy atom. The molecule has 1 aromatic rings. The van der Waals surface area contributed by atoms with E-state index in [1.807, 2.05) is 11.3 Å². The van der Waals surface area contributed by atoms with Crippen LogP contribution in [0.15, 0.2) is 12.1 Å². The van der Waals surface area contributed by atoms with Gasteiger partial charge in [-0.1, -0.05) is 6.92 Å². The molecule has 2 rings (SSSR count). The summed E-state index contributed by atoms with van der Waals surface area (Å²) in [7, 11) is 0. The molecule has 2 heterocycles. The van der Waals surface area contributed by atoms with Crippen LogP contribution < -0.4 is 5.32 Å². The van der Waals surface area contributed by atoms with Crippen molar-refractivity contribution in [1.82, 2.24) is 10.2 Å². The van der Waals surface area contributed by atoms with E-state index in [2.05, 4.69) is 43.1 Å². The highest BCUT2D eigenvalue weighted by molar-refractivity contribution is 7.12. The summed E-state index contributed by atoms with van der Waals surface area (Å²) < 4.78 is 0. The van der Waals surface area contributed by atoms with Crippen LogP contribution in [0.1, 0.15) is 36.6 Å². The molecular weight excluding hydrogens is 216 g/mol. The van der Waals surface area contributed by atoms with Gasteiger partial charge in [-0.15, -0.1) is 11.3 Å². The van der Waals surface area contributed by atoms with Crippen LogP contribution in [0.5, 0.6) is 0 Å². The van der Waals surface area contributed by atoms with Gasteiger partial charge in [0, 0.05) is 41.5 Å². The second-order valence-electron chi connectivity index (χ2n) is 4.68. The molecule has 16 heavy (non-hydrogen) atoms. The van der Waals surface area contributed by atoms with Crippen molar-refractivity contribution in [3.63, 3.8) is 0 Å². The molecule has 1 N–H and O–H groups in total. The van der Waals surface area contributed by atoms with Gasteiger partial charge in [0.25, 0.3) is 0 Å². The molecule has 2 unspecified atom stereocenters.